The van der Waals surface area contributed by atoms with Crippen molar-refractivity contribution in [2.24, 2.45) is 0 Å². The SMILES string of the molecule is O=C(Nc1cnoc1)NC1CCC1. The van der Waals surface area contributed by atoms with Crippen LogP contribution in [0.1, 0.15) is 19.3 Å². The summed E-state index contributed by atoms with van der Waals surface area (Å²) in [6.07, 6.45) is 6.22. The minimum Gasteiger partial charge on any atom is -0.363 e. The van der Waals surface area contributed by atoms with Gasteiger partial charge in [0, 0.05) is 6.04 Å². The predicted octanol–water partition coefficient (Wildman–Crippen LogP) is 1.35. The van der Waals surface area contributed by atoms with Crippen LogP contribution >= 0.6 is 0 Å². The second kappa shape index (κ2) is 3.47. The first-order valence-corrected chi connectivity index (χ1v) is 4.31. The zero-order valence-electron chi connectivity index (χ0n) is 7.12. The normalized spacial score (nSPS) is 16.3. The van der Waals surface area contributed by atoms with E-state index >= 15 is 0 Å². The summed E-state index contributed by atoms with van der Waals surface area (Å²) in [6, 6.07) is 0.160. The number of amides is 2. The van der Waals surface area contributed by atoms with Crippen molar-refractivity contribution in [2.75, 3.05) is 5.32 Å². The van der Waals surface area contributed by atoms with Crippen molar-refractivity contribution in [3.8, 4) is 0 Å². The first-order chi connectivity index (χ1) is 6.34. The van der Waals surface area contributed by atoms with Crippen molar-refractivity contribution in [3.05, 3.63) is 12.5 Å². The number of hydrogen-bond acceptors (Lipinski definition) is 3. The Labute approximate surface area is 75.5 Å². The number of carbonyl (C=O) groups excluding carboxylic acids is 1. The lowest BCUT2D eigenvalue weighted by Gasteiger charge is -2.26. The lowest BCUT2D eigenvalue weighted by atomic mass is 9.93. The van der Waals surface area contributed by atoms with Crippen molar-refractivity contribution in [3.63, 3.8) is 0 Å². The molecule has 2 rings (SSSR count). The Bertz CT molecular complexity index is 280. The van der Waals surface area contributed by atoms with Crippen LogP contribution < -0.4 is 10.6 Å². The summed E-state index contributed by atoms with van der Waals surface area (Å²) in [4.78, 5) is 11.2. The maximum atomic E-state index is 11.2. The van der Waals surface area contributed by atoms with Gasteiger partial charge in [-0.2, -0.15) is 0 Å². The molecule has 2 amide bonds. The smallest absolute Gasteiger partial charge is 0.319 e. The molecular formula is C8H11N3O2. The molecule has 1 aliphatic carbocycles. The molecule has 0 saturated heterocycles. The van der Waals surface area contributed by atoms with Gasteiger partial charge in [0.15, 0.2) is 0 Å². The molecule has 2 N–H and O–H groups in total. The highest BCUT2D eigenvalue weighted by Crippen LogP contribution is 2.18. The van der Waals surface area contributed by atoms with Gasteiger partial charge in [-0.05, 0) is 19.3 Å². The van der Waals surface area contributed by atoms with E-state index in [1.54, 1.807) is 0 Å². The molecule has 0 atom stereocenters. The molecule has 1 aromatic rings. The summed E-state index contributed by atoms with van der Waals surface area (Å²) in [5, 5.41) is 8.92. The minimum atomic E-state index is -0.187. The molecule has 0 unspecified atom stereocenters. The monoisotopic (exact) mass is 181 g/mol. The second-order valence-electron chi connectivity index (χ2n) is 3.14. The van der Waals surface area contributed by atoms with Crippen molar-refractivity contribution in [1.82, 2.24) is 10.5 Å². The Morgan fingerprint density at radius 2 is 2.46 bits per heavy atom. The highest BCUT2D eigenvalue weighted by Gasteiger charge is 2.19. The van der Waals surface area contributed by atoms with Gasteiger partial charge in [-0.1, -0.05) is 5.16 Å². The third-order valence-corrected chi connectivity index (χ3v) is 2.13. The molecule has 1 aromatic heterocycles. The van der Waals surface area contributed by atoms with Gasteiger partial charge >= 0.3 is 6.03 Å². The van der Waals surface area contributed by atoms with Crippen LogP contribution in [0, 0.1) is 0 Å². The Morgan fingerprint density at radius 3 is 3.00 bits per heavy atom. The zero-order valence-corrected chi connectivity index (χ0v) is 7.12. The van der Waals surface area contributed by atoms with Crippen LogP contribution in [0.2, 0.25) is 0 Å². The van der Waals surface area contributed by atoms with Gasteiger partial charge in [0.1, 0.15) is 12.0 Å². The molecule has 0 bridgehead atoms. The van der Waals surface area contributed by atoms with Gasteiger partial charge in [0.2, 0.25) is 0 Å². The lowest BCUT2D eigenvalue weighted by Crippen LogP contribution is -2.41. The Hall–Kier alpha value is -1.52. The number of anilines is 1. The van der Waals surface area contributed by atoms with Gasteiger partial charge in [-0.3, -0.25) is 0 Å². The van der Waals surface area contributed by atoms with E-state index < -0.39 is 0 Å². The van der Waals surface area contributed by atoms with Crippen LogP contribution in [0.3, 0.4) is 0 Å². The topological polar surface area (TPSA) is 67.2 Å². The van der Waals surface area contributed by atoms with E-state index in [1.807, 2.05) is 0 Å². The number of nitrogens with zero attached hydrogens (tertiary/aromatic N) is 1. The summed E-state index contributed by atoms with van der Waals surface area (Å²) >= 11 is 0. The Kier molecular flexibility index (Phi) is 2.16. The molecule has 0 aromatic carbocycles. The number of carbonyl (C=O) groups is 1. The first kappa shape index (κ1) is 8.10. The van der Waals surface area contributed by atoms with Crippen LogP contribution in [0.4, 0.5) is 10.5 Å². The molecule has 70 valence electrons. The molecule has 1 saturated carbocycles. The number of aromatic nitrogens is 1. The maximum absolute atomic E-state index is 11.2. The van der Waals surface area contributed by atoms with E-state index in [4.69, 9.17) is 0 Å². The van der Waals surface area contributed by atoms with E-state index in [9.17, 15) is 4.79 Å². The van der Waals surface area contributed by atoms with E-state index in [1.165, 1.54) is 18.9 Å². The van der Waals surface area contributed by atoms with Gasteiger partial charge in [0.25, 0.3) is 0 Å². The van der Waals surface area contributed by atoms with Gasteiger partial charge in [-0.25, -0.2) is 4.79 Å². The lowest BCUT2D eigenvalue weighted by molar-refractivity contribution is 0.240. The van der Waals surface area contributed by atoms with E-state index in [2.05, 4.69) is 20.3 Å². The molecule has 0 aliphatic heterocycles. The minimum absolute atomic E-state index is 0.187. The number of urea groups is 1. The summed E-state index contributed by atoms with van der Waals surface area (Å²) < 4.78 is 4.57. The van der Waals surface area contributed by atoms with Crippen molar-refractivity contribution < 1.29 is 9.32 Å². The third-order valence-electron chi connectivity index (χ3n) is 2.13. The molecule has 1 heterocycles. The predicted molar refractivity (Wildman–Crippen MR) is 46.3 cm³/mol. The van der Waals surface area contributed by atoms with Gasteiger partial charge < -0.3 is 15.2 Å². The summed E-state index contributed by atoms with van der Waals surface area (Å²) in [5.74, 6) is 0. The van der Waals surface area contributed by atoms with E-state index in [0.29, 0.717) is 11.7 Å². The Morgan fingerprint density at radius 1 is 1.62 bits per heavy atom. The van der Waals surface area contributed by atoms with Gasteiger partial charge in [-0.15, -0.1) is 0 Å². The summed E-state index contributed by atoms with van der Waals surface area (Å²) in [6.45, 7) is 0. The van der Waals surface area contributed by atoms with E-state index in [-0.39, 0.29) is 6.03 Å². The summed E-state index contributed by atoms with van der Waals surface area (Å²) in [7, 11) is 0. The third kappa shape index (κ3) is 1.99. The molecule has 1 aliphatic rings. The van der Waals surface area contributed by atoms with Crippen molar-refractivity contribution >= 4 is 11.7 Å². The molecular weight excluding hydrogens is 170 g/mol. The highest BCUT2D eigenvalue weighted by molar-refractivity contribution is 5.89. The molecule has 0 spiro atoms. The fraction of sp³-hybridized carbons (Fsp3) is 0.500. The number of rotatable bonds is 2. The average Bonchev–Trinajstić information content (AvgIpc) is 2.49. The maximum Gasteiger partial charge on any atom is 0.319 e. The van der Waals surface area contributed by atoms with Crippen LogP contribution in [0.5, 0.6) is 0 Å². The fourth-order valence-electron chi connectivity index (χ4n) is 1.17. The van der Waals surface area contributed by atoms with Crippen LogP contribution in [-0.4, -0.2) is 17.2 Å². The van der Waals surface area contributed by atoms with Crippen LogP contribution in [0.15, 0.2) is 17.0 Å². The molecule has 1 fully saturated rings. The average molecular weight is 181 g/mol. The zero-order chi connectivity index (χ0) is 9.10. The first-order valence-electron chi connectivity index (χ1n) is 4.31. The standard InChI is InChI=1S/C8H11N3O2/c12-8(10-6-2-1-3-6)11-7-4-9-13-5-7/h4-6H,1-3H2,(H2,10,11,12). The van der Waals surface area contributed by atoms with Crippen molar-refractivity contribution in [1.29, 1.82) is 0 Å². The molecule has 5 heteroatoms. The number of nitrogens with one attached hydrogen (secondary N) is 2. The quantitative estimate of drug-likeness (QED) is 0.723. The number of hydrogen-bond donors (Lipinski definition) is 2. The van der Waals surface area contributed by atoms with Gasteiger partial charge in [0.05, 0.1) is 6.20 Å². The fourth-order valence-corrected chi connectivity index (χ4v) is 1.17. The summed E-state index contributed by atoms with van der Waals surface area (Å²) in [5.41, 5.74) is 0.580. The van der Waals surface area contributed by atoms with Crippen LogP contribution in [0.25, 0.3) is 0 Å². The largest absolute Gasteiger partial charge is 0.363 e. The second-order valence-corrected chi connectivity index (χ2v) is 3.14. The Balaban J connectivity index is 1.78. The van der Waals surface area contributed by atoms with Crippen molar-refractivity contribution in [2.45, 2.75) is 25.3 Å². The van der Waals surface area contributed by atoms with E-state index in [0.717, 1.165) is 12.8 Å². The van der Waals surface area contributed by atoms with Crippen LogP contribution in [-0.2, 0) is 0 Å². The molecule has 13 heavy (non-hydrogen) atoms. The highest BCUT2D eigenvalue weighted by atomic mass is 16.5. The molecule has 0 radical (unpaired) electrons. The molecule has 5 nitrogen and oxygen atoms in total.